The fourth-order valence-corrected chi connectivity index (χ4v) is 3.68. The summed E-state index contributed by atoms with van der Waals surface area (Å²) in [6, 6.07) is 16.9. The molecular weight excluding hydrogens is 380 g/mol. The topological polar surface area (TPSA) is 78.0 Å². The summed E-state index contributed by atoms with van der Waals surface area (Å²) in [4.78, 5) is 38.6. The number of nitrogens with one attached hydrogen (secondary N) is 1. The van der Waals surface area contributed by atoms with Gasteiger partial charge in [0.05, 0.1) is 5.52 Å². The predicted molar refractivity (Wildman–Crippen MR) is 118 cm³/mol. The quantitative estimate of drug-likeness (QED) is 0.570. The predicted octanol–water partition coefficient (Wildman–Crippen LogP) is 2.65. The van der Waals surface area contributed by atoms with E-state index in [4.69, 9.17) is 0 Å². The molecule has 0 aliphatic rings. The number of anilines is 1. The Kier molecular flexibility index (Phi) is 4.87. The van der Waals surface area contributed by atoms with Gasteiger partial charge in [-0.2, -0.15) is 0 Å². The van der Waals surface area contributed by atoms with E-state index in [1.165, 1.54) is 11.6 Å². The zero-order valence-electron chi connectivity index (χ0n) is 17.0. The first-order chi connectivity index (χ1) is 14.4. The van der Waals surface area contributed by atoms with Gasteiger partial charge < -0.3 is 9.88 Å². The Morgan fingerprint density at radius 3 is 2.30 bits per heavy atom. The van der Waals surface area contributed by atoms with Crippen LogP contribution in [0, 0.1) is 6.92 Å². The second kappa shape index (κ2) is 7.51. The van der Waals surface area contributed by atoms with E-state index < -0.39 is 11.2 Å². The maximum absolute atomic E-state index is 13.0. The van der Waals surface area contributed by atoms with Gasteiger partial charge in [0.1, 0.15) is 12.1 Å². The van der Waals surface area contributed by atoms with Crippen LogP contribution in [0.25, 0.3) is 22.2 Å². The van der Waals surface area contributed by atoms with Crippen molar-refractivity contribution in [3.8, 4) is 11.1 Å². The van der Waals surface area contributed by atoms with Crippen LogP contribution in [0.4, 0.5) is 5.69 Å². The third-order valence-corrected chi connectivity index (χ3v) is 5.26. The summed E-state index contributed by atoms with van der Waals surface area (Å²) in [6.07, 6.45) is 1.82. The summed E-state index contributed by atoms with van der Waals surface area (Å²) < 4.78 is 4.11. The zero-order valence-corrected chi connectivity index (χ0v) is 17.0. The fourth-order valence-electron chi connectivity index (χ4n) is 3.68. The molecule has 0 unspecified atom stereocenters. The van der Waals surface area contributed by atoms with Crippen LogP contribution in [0.1, 0.15) is 5.56 Å². The molecule has 30 heavy (non-hydrogen) atoms. The summed E-state index contributed by atoms with van der Waals surface area (Å²) in [5.41, 5.74) is 3.11. The maximum atomic E-state index is 13.0. The molecule has 0 saturated heterocycles. The molecule has 4 rings (SSSR count). The van der Waals surface area contributed by atoms with Crippen molar-refractivity contribution in [1.82, 2.24) is 13.7 Å². The number of fused-ring (bicyclic) bond motifs is 1. The maximum Gasteiger partial charge on any atom is 0.331 e. The molecule has 0 fully saturated rings. The number of para-hydroxylation sites is 1. The van der Waals surface area contributed by atoms with Gasteiger partial charge in [0.15, 0.2) is 0 Å². The van der Waals surface area contributed by atoms with Crippen molar-refractivity contribution in [3.05, 3.63) is 87.2 Å². The van der Waals surface area contributed by atoms with Crippen molar-refractivity contribution >= 4 is 22.6 Å². The third-order valence-electron chi connectivity index (χ3n) is 5.26. The van der Waals surface area contributed by atoms with Gasteiger partial charge in [0, 0.05) is 31.5 Å². The number of hydrogen-bond acceptors (Lipinski definition) is 3. The van der Waals surface area contributed by atoms with E-state index in [0.29, 0.717) is 16.7 Å². The highest BCUT2D eigenvalue weighted by molar-refractivity contribution is 5.96. The zero-order chi connectivity index (χ0) is 21.4. The van der Waals surface area contributed by atoms with E-state index in [-0.39, 0.29) is 12.5 Å². The van der Waals surface area contributed by atoms with E-state index in [1.807, 2.05) is 67.7 Å². The van der Waals surface area contributed by atoms with Gasteiger partial charge in [0.2, 0.25) is 5.91 Å². The van der Waals surface area contributed by atoms with Crippen molar-refractivity contribution < 1.29 is 4.79 Å². The van der Waals surface area contributed by atoms with Gasteiger partial charge in [-0.05, 0) is 24.1 Å². The third kappa shape index (κ3) is 3.24. The molecule has 0 spiro atoms. The highest BCUT2D eigenvalue weighted by Gasteiger charge is 2.20. The van der Waals surface area contributed by atoms with Gasteiger partial charge in [-0.15, -0.1) is 0 Å². The first-order valence-corrected chi connectivity index (χ1v) is 9.58. The largest absolute Gasteiger partial charge is 0.344 e. The van der Waals surface area contributed by atoms with Gasteiger partial charge in [-0.3, -0.25) is 18.7 Å². The fraction of sp³-hybridized carbons (Fsp3) is 0.174. The second-order valence-corrected chi connectivity index (χ2v) is 7.31. The summed E-state index contributed by atoms with van der Waals surface area (Å²) >= 11 is 0. The summed E-state index contributed by atoms with van der Waals surface area (Å²) in [7, 11) is 3.19. The van der Waals surface area contributed by atoms with Crippen LogP contribution in [-0.2, 0) is 25.4 Å². The molecule has 0 saturated carbocycles. The molecule has 0 aliphatic heterocycles. The van der Waals surface area contributed by atoms with Crippen LogP contribution in [0.2, 0.25) is 0 Å². The first-order valence-electron chi connectivity index (χ1n) is 9.58. The highest BCUT2D eigenvalue weighted by Crippen LogP contribution is 2.28. The second-order valence-electron chi connectivity index (χ2n) is 7.31. The molecule has 0 atom stereocenters. The van der Waals surface area contributed by atoms with E-state index in [1.54, 1.807) is 11.6 Å². The first kappa shape index (κ1) is 19.4. The Hall–Kier alpha value is -3.87. The number of aryl methyl sites for hydroxylation is 2. The number of amides is 1. The van der Waals surface area contributed by atoms with Crippen LogP contribution in [-0.4, -0.2) is 19.6 Å². The van der Waals surface area contributed by atoms with Crippen LogP contribution in [0.5, 0.6) is 0 Å². The number of carbonyl (C=O) groups excluding carboxylic acids is 1. The normalized spacial score (nSPS) is 11.0. The van der Waals surface area contributed by atoms with Gasteiger partial charge in [-0.1, -0.05) is 48.5 Å². The average Bonchev–Trinajstić information content (AvgIpc) is 3.09. The molecule has 152 valence electrons. The minimum absolute atomic E-state index is 0.207. The number of rotatable bonds is 4. The molecule has 1 N–H and O–H groups in total. The molecule has 4 aromatic rings. The minimum Gasteiger partial charge on any atom is -0.344 e. The van der Waals surface area contributed by atoms with E-state index in [2.05, 4.69) is 5.32 Å². The Morgan fingerprint density at radius 2 is 1.60 bits per heavy atom. The summed E-state index contributed by atoms with van der Waals surface area (Å²) in [6.45, 7) is 1.69. The molecule has 2 heterocycles. The Labute approximate surface area is 172 Å². The Morgan fingerprint density at radius 1 is 0.933 bits per heavy atom. The van der Waals surface area contributed by atoms with Crippen LogP contribution >= 0.6 is 0 Å². The van der Waals surface area contributed by atoms with Crippen LogP contribution < -0.4 is 16.6 Å². The van der Waals surface area contributed by atoms with Gasteiger partial charge >= 0.3 is 5.69 Å². The minimum atomic E-state index is -0.532. The lowest BCUT2D eigenvalue weighted by atomic mass is 10.1. The number of benzene rings is 2. The molecule has 0 aliphatic carbocycles. The smallest absolute Gasteiger partial charge is 0.331 e. The van der Waals surface area contributed by atoms with Crippen molar-refractivity contribution in [3.63, 3.8) is 0 Å². The molecule has 7 heteroatoms. The number of carbonyl (C=O) groups is 1. The monoisotopic (exact) mass is 402 g/mol. The number of hydrogen-bond donors (Lipinski definition) is 1. The molecular formula is C23H22N4O3. The van der Waals surface area contributed by atoms with Gasteiger partial charge in [-0.25, -0.2) is 4.79 Å². The summed E-state index contributed by atoms with van der Waals surface area (Å²) in [5.74, 6) is -0.339. The molecule has 2 aromatic carbocycles. The van der Waals surface area contributed by atoms with Crippen molar-refractivity contribution in [2.75, 3.05) is 5.32 Å². The molecule has 2 aromatic heterocycles. The molecule has 7 nitrogen and oxygen atoms in total. The van der Waals surface area contributed by atoms with Gasteiger partial charge in [0.25, 0.3) is 5.56 Å². The summed E-state index contributed by atoms with van der Waals surface area (Å²) in [5, 5.41) is 2.86. The SMILES string of the molecule is Cc1ccccc1NC(=O)Cn1c(=O)n(C)c(=O)c2c1c(-c1ccccc1)cn2C. The molecule has 0 bridgehead atoms. The van der Waals surface area contributed by atoms with E-state index >= 15 is 0 Å². The van der Waals surface area contributed by atoms with Crippen LogP contribution in [0.3, 0.4) is 0 Å². The number of nitrogens with zero attached hydrogens (tertiary/aromatic N) is 3. The standard InChI is InChI=1S/C23H22N4O3/c1-15-9-7-8-12-18(15)24-19(28)14-27-20-17(16-10-5-4-6-11-16)13-25(2)21(20)22(29)26(3)23(27)30/h4-13H,14H2,1-3H3,(H,24,28). The Bertz CT molecular complexity index is 1380. The van der Waals surface area contributed by atoms with Crippen molar-refractivity contribution in [2.24, 2.45) is 14.1 Å². The lowest BCUT2D eigenvalue weighted by Gasteiger charge is -2.13. The van der Waals surface area contributed by atoms with Crippen LogP contribution in [0.15, 0.2) is 70.4 Å². The van der Waals surface area contributed by atoms with Crippen molar-refractivity contribution in [2.45, 2.75) is 13.5 Å². The van der Waals surface area contributed by atoms with E-state index in [9.17, 15) is 14.4 Å². The Balaban J connectivity index is 1.89. The molecule has 0 radical (unpaired) electrons. The highest BCUT2D eigenvalue weighted by atomic mass is 16.2. The molecule has 1 amide bonds. The average molecular weight is 402 g/mol. The van der Waals surface area contributed by atoms with E-state index in [0.717, 1.165) is 21.3 Å². The lowest BCUT2D eigenvalue weighted by molar-refractivity contribution is -0.116. The lowest BCUT2D eigenvalue weighted by Crippen LogP contribution is -2.40. The number of aromatic nitrogens is 3. The van der Waals surface area contributed by atoms with Crippen molar-refractivity contribution in [1.29, 1.82) is 0 Å².